The summed E-state index contributed by atoms with van der Waals surface area (Å²) < 4.78 is 5.91. The first-order valence-corrected chi connectivity index (χ1v) is 7.11. The lowest BCUT2D eigenvalue weighted by Crippen LogP contribution is -2.35. The Morgan fingerprint density at radius 3 is 2.95 bits per heavy atom. The van der Waals surface area contributed by atoms with Crippen molar-refractivity contribution in [3.63, 3.8) is 0 Å². The number of nitrogens with zero attached hydrogens (tertiary/aromatic N) is 2. The smallest absolute Gasteiger partial charge is 0.180 e. The summed E-state index contributed by atoms with van der Waals surface area (Å²) in [6, 6.07) is 6.23. The molecule has 1 aliphatic heterocycles. The maximum Gasteiger partial charge on any atom is 0.180 e. The molecule has 1 aromatic carbocycles. The van der Waals surface area contributed by atoms with Crippen LogP contribution in [0, 0.1) is 6.92 Å². The fraction of sp³-hybridized carbons (Fsp3) is 0.357. The van der Waals surface area contributed by atoms with Crippen LogP contribution in [0.2, 0.25) is 0 Å². The summed E-state index contributed by atoms with van der Waals surface area (Å²) in [4.78, 5) is 7.75. The van der Waals surface area contributed by atoms with Crippen molar-refractivity contribution in [2.75, 3.05) is 24.2 Å². The molecule has 2 aromatic rings. The molecule has 5 heteroatoms. The van der Waals surface area contributed by atoms with Crippen molar-refractivity contribution in [2.45, 2.75) is 20.0 Å². The van der Waals surface area contributed by atoms with Gasteiger partial charge in [-0.2, -0.15) is 0 Å². The van der Waals surface area contributed by atoms with E-state index in [1.165, 1.54) is 11.3 Å². The van der Waals surface area contributed by atoms with Crippen LogP contribution >= 0.6 is 11.3 Å². The third-order valence-electron chi connectivity index (χ3n) is 3.32. The number of fused-ring (bicyclic) bond motifs is 1. The monoisotopic (exact) mass is 275 g/mol. The highest BCUT2D eigenvalue weighted by molar-refractivity contribution is 7.15. The highest BCUT2D eigenvalue weighted by Crippen LogP contribution is 2.38. The normalized spacial score (nSPS) is 18.1. The number of aryl methyl sites for hydroxylation is 1. The number of ether oxygens (including phenoxy) is 1. The molecule has 1 aliphatic rings. The van der Waals surface area contributed by atoms with Gasteiger partial charge in [-0.05, 0) is 26.0 Å². The minimum Gasteiger partial charge on any atom is -0.487 e. The SMILES string of the molecule is Cc1sc(N)nc1-c1ccc2c(c1)OC(C)CN2C. The zero-order valence-corrected chi connectivity index (χ0v) is 12.1. The summed E-state index contributed by atoms with van der Waals surface area (Å²) in [7, 11) is 2.09. The van der Waals surface area contributed by atoms with Gasteiger partial charge in [0.15, 0.2) is 5.13 Å². The third-order valence-corrected chi connectivity index (χ3v) is 4.12. The summed E-state index contributed by atoms with van der Waals surface area (Å²) >= 11 is 1.52. The summed E-state index contributed by atoms with van der Waals surface area (Å²) in [6.07, 6.45) is 0.203. The molecule has 0 radical (unpaired) electrons. The third kappa shape index (κ3) is 2.14. The van der Waals surface area contributed by atoms with Crippen molar-refractivity contribution in [1.29, 1.82) is 0 Å². The molecular formula is C14H17N3OS. The number of nitrogens with two attached hydrogens (primary N) is 1. The van der Waals surface area contributed by atoms with Crippen molar-refractivity contribution < 1.29 is 4.74 Å². The molecule has 2 heterocycles. The lowest BCUT2D eigenvalue weighted by atomic mass is 10.1. The van der Waals surface area contributed by atoms with Gasteiger partial charge in [-0.25, -0.2) is 4.98 Å². The first kappa shape index (κ1) is 12.3. The first-order chi connectivity index (χ1) is 9.04. The van der Waals surface area contributed by atoms with Gasteiger partial charge >= 0.3 is 0 Å². The second kappa shape index (κ2) is 4.42. The summed E-state index contributed by atoms with van der Waals surface area (Å²) in [5, 5.41) is 0.608. The van der Waals surface area contributed by atoms with Gasteiger partial charge < -0.3 is 15.4 Å². The molecule has 0 fully saturated rings. The number of hydrogen-bond donors (Lipinski definition) is 1. The fourth-order valence-electron chi connectivity index (χ4n) is 2.49. The lowest BCUT2D eigenvalue weighted by Gasteiger charge is -2.32. The van der Waals surface area contributed by atoms with E-state index >= 15 is 0 Å². The van der Waals surface area contributed by atoms with Crippen LogP contribution in [-0.2, 0) is 0 Å². The maximum atomic E-state index is 5.91. The van der Waals surface area contributed by atoms with Gasteiger partial charge in [0.2, 0.25) is 0 Å². The van der Waals surface area contributed by atoms with E-state index in [0.29, 0.717) is 5.13 Å². The second-order valence-corrected chi connectivity index (χ2v) is 6.18. The largest absolute Gasteiger partial charge is 0.487 e. The Balaban J connectivity index is 2.06. The molecule has 3 rings (SSSR count). The number of likely N-dealkylation sites (N-methyl/N-ethyl adjacent to an activating group) is 1. The van der Waals surface area contributed by atoms with Crippen molar-refractivity contribution in [3.05, 3.63) is 23.1 Å². The molecular weight excluding hydrogens is 258 g/mol. The number of rotatable bonds is 1. The maximum absolute atomic E-state index is 5.91. The first-order valence-electron chi connectivity index (χ1n) is 6.29. The number of aromatic nitrogens is 1. The number of nitrogen functional groups attached to an aromatic ring is 1. The van der Waals surface area contributed by atoms with E-state index < -0.39 is 0 Å². The average molecular weight is 275 g/mol. The van der Waals surface area contributed by atoms with Crippen LogP contribution in [0.1, 0.15) is 11.8 Å². The summed E-state index contributed by atoms with van der Waals surface area (Å²) in [5.74, 6) is 0.921. The molecule has 0 spiro atoms. The zero-order valence-electron chi connectivity index (χ0n) is 11.3. The minimum absolute atomic E-state index is 0.203. The zero-order chi connectivity index (χ0) is 13.6. The molecule has 0 amide bonds. The lowest BCUT2D eigenvalue weighted by molar-refractivity contribution is 0.215. The molecule has 1 atom stereocenters. The van der Waals surface area contributed by atoms with Gasteiger partial charge in [-0.1, -0.05) is 6.07 Å². The van der Waals surface area contributed by atoms with Crippen molar-refractivity contribution in [3.8, 4) is 17.0 Å². The van der Waals surface area contributed by atoms with E-state index in [9.17, 15) is 0 Å². The minimum atomic E-state index is 0.203. The van der Waals surface area contributed by atoms with Gasteiger partial charge in [0.1, 0.15) is 11.9 Å². The van der Waals surface area contributed by atoms with E-state index in [1.807, 2.05) is 6.92 Å². The Morgan fingerprint density at radius 1 is 1.47 bits per heavy atom. The van der Waals surface area contributed by atoms with Crippen LogP contribution in [0.5, 0.6) is 5.75 Å². The fourth-order valence-corrected chi connectivity index (χ4v) is 3.20. The Morgan fingerprint density at radius 2 is 2.26 bits per heavy atom. The summed E-state index contributed by atoms with van der Waals surface area (Å²) in [6.45, 7) is 5.03. The molecule has 19 heavy (non-hydrogen) atoms. The molecule has 0 saturated heterocycles. The van der Waals surface area contributed by atoms with Gasteiger partial charge in [0.25, 0.3) is 0 Å². The van der Waals surface area contributed by atoms with Crippen molar-refractivity contribution in [2.24, 2.45) is 0 Å². The van der Waals surface area contributed by atoms with Gasteiger partial charge in [-0.3, -0.25) is 0 Å². The van der Waals surface area contributed by atoms with Gasteiger partial charge in [-0.15, -0.1) is 11.3 Å². The van der Waals surface area contributed by atoms with E-state index in [-0.39, 0.29) is 6.10 Å². The number of thiazole rings is 1. The van der Waals surface area contributed by atoms with E-state index in [2.05, 4.69) is 42.1 Å². The molecule has 0 saturated carbocycles. The molecule has 1 aromatic heterocycles. The number of benzene rings is 1. The Labute approximate surface area is 116 Å². The van der Waals surface area contributed by atoms with Crippen LogP contribution in [0.3, 0.4) is 0 Å². The number of hydrogen-bond acceptors (Lipinski definition) is 5. The Kier molecular flexibility index (Phi) is 2.86. The van der Waals surface area contributed by atoms with Gasteiger partial charge in [0, 0.05) is 17.5 Å². The predicted molar refractivity (Wildman–Crippen MR) is 80.1 cm³/mol. The topological polar surface area (TPSA) is 51.4 Å². The van der Waals surface area contributed by atoms with Crippen LogP contribution < -0.4 is 15.4 Å². The Hall–Kier alpha value is -1.75. The molecule has 1 unspecified atom stereocenters. The van der Waals surface area contributed by atoms with E-state index in [1.54, 1.807) is 0 Å². The molecule has 100 valence electrons. The predicted octanol–water partition coefficient (Wildman–Crippen LogP) is 2.92. The van der Waals surface area contributed by atoms with E-state index in [0.717, 1.165) is 34.1 Å². The average Bonchev–Trinajstić information content (AvgIpc) is 2.67. The standard InChI is InChI=1S/C14H17N3OS/c1-8-7-17(3)11-5-4-10(6-12(11)18-8)13-9(2)19-14(15)16-13/h4-6,8H,7H2,1-3H3,(H2,15,16). The highest BCUT2D eigenvalue weighted by atomic mass is 32.1. The quantitative estimate of drug-likeness (QED) is 0.869. The highest BCUT2D eigenvalue weighted by Gasteiger charge is 2.21. The van der Waals surface area contributed by atoms with Crippen LogP contribution in [-0.4, -0.2) is 24.7 Å². The molecule has 0 aliphatic carbocycles. The van der Waals surface area contributed by atoms with Crippen LogP contribution in [0.15, 0.2) is 18.2 Å². The number of anilines is 2. The summed E-state index contributed by atoms with van der Waals surface area (Å²) in [5.41, 5.74) is 8.91. The molecule has 0 bridgehead atoms. The van der Waals surface area contributed by atoms with Crippen molar-refractivity contribution in [1.82, 2.24) is 4.98 Å². The molecule has 2 N–H and O–H groups in total. The second-order valence-electron chi connectivity index (χ2n) is 4.95. The Bertz CT molecular complexity index is 623. The van der Waals surface area contributed by atoms with Crippen LogP contribution in [0.4, 0.5) is 10.8 Å². The van der Waals surface area contributed by atoms with Gasteiger partial charge in [0.05, 0.1) is 17.9 Å². The molecule has 4 nitrogen and oxygen atoms in total. The van der Waals surface area contributed by atoms with E-state index in [4.69, 9.17) is 10.5 Å². The van der Waals surface area contributed by atoms with Crippen molar-refractivity contribution >= 4 is 22.2 Å². The van der Waals surface area contributed by atoms with Crippen LogP contribution in [0.25, 0.3) is 11.3 Å².